The van der Waals surface area contributed by atoms with E-state index in [1.54, 1.807) is 0 Å². The Kier molecular flexibility index (Phi) is 6.55. The van der Waals surface area contributed by atoms with Crippen molar-refractivity contribution < 1.29 is 4.79 Å². The number of carbonyl (C=O) groups is 1. The van der Waals surface area contributed by atoms with Gasteiger partial charge < -0.3 is 4.90 Å². The van der Waals surface area contributed by atoms with E-state index in [2.05, 4.69) is 37.1 Å². The third kappa shape index (κ3) is 4.93. The average Bonchev–Trinajstić information content (AvgIpc) is 2.99. The highest BCUT2D eigenvalue weighted by Crippen LogP contribution is 2.09. The van der Waals surface area contributed by atoms with Crippen molar-refractivity contribution in [2.24, 2.45) is 0 Å². The molecule has 24 heavy (non-hydrogen) atoms. The Balaban J connectivity index is 1.93. The maximum absolute atomic E-state index is 12.6. The first-order valence-electron chi connectivity index (χ1n) is 8.56. The molecule has 0 fully saturated rings. The molecule has 0 saturated heterocycles. The highest BCUT2D eigenvalue weighted by atomic mass is 16.2. The second-order valence-electron chi connectivity index (χ2n) is 6.21. The van der Waals surface area contributed by atoms with E-state index < -0.39 is 0 Å². The van der Waals surface area contributed by atoms with Gasteiger partial charge in [-0.25, -0.2) is 0 Å². The van der Waals surface area contributed by atoms with Crippen molar-refractivity contribution >= 4 is 5.91 Å². The van der Waals surface area contributed by atoms with Gasteiger partial charge in [0.2, 0.25) is 5.91 Å². The monoisotopic (exact) mass is 328 g/mol. The minimum absolute atomic E-state index is 0.157. The number of carbonyl (C=O) groups excluding carboxylic acids is 1. The molecule has 0 spiro atoms. The summed E-state index contributed by atoms with van der Waals surface area (Å²) in [4.78, 5) is 16.6. The third-order valence-electron chi connectivity index (χ3n) is 4.13. The van der Waals surface area contributed by atoms with Crippen LogP contribution in [0.1, 0.15) is 30.7 Å². The first-order chi connectivity index (χ1) is 11.5. The maximum Gasteiger partial charge on any atom is 0.237 e. The third-order valence-corrected chi connectivity index (χ3v) is 4.13. The Morgan fingerprint density at radius 3 is 2.67 bits per heavy atom. The van der Waals surface area contributed by atoms with E-state index in [9.17, 15) is 4.79 Å². The minimum atomic E-state index is 0.157. The van der Waals surface area contributed by atoms with Crippen LogP contribution in [0.2, 0.25) is 0 Å². The summed E-state index contributed by atoms with van der Waals surface area (Å²) in [7, 11) is 1.98. The zero-order chi connectivity index (χ0) is 17.5. The lowest BCUT2D eigenvalue weighted by Crippen LogP contribution is -2.38. The zero-order valence-electron chi connectivity index (χ0n) is 15.2. The fraction of sp³-hybridized carbons (Fsp3) is 0.474. The summed E-state index contributed by atoms with van der Waals surface area (Å²) in [5.41, 5.74) is 3.53. The Bertz CT molecular complexity index is 665. The molecule has 0 N–H and O–H groups in total. The van der Waals surface area contributed by atoms with Crippen molar-refractivity contribution in [2.75, 3.05) is 20.1 Å². The van der Waals surface area contributed by atoms with Crippen LogP contribution in [-0.4, -0.2) is 45.6 Å². The first-order valence-corrected chi connectivity index (χ1v) is 8.56. The average molecular weight is 328 g/mol. The fourth-order valence-electron chi connectivity index (χ4n) is 2.85. The Hall–Kier alpha value is -2.14. The fourth-order valence-corrected chi connectivity index (χ4v) is 2.85. The Morgan fingerprint density at radius 1 is 1.21 bits per heavy atom. The number of nitrogens with zero attached hydrogens (tertiary/aromatic N) is 4. The van der Waals surface area contributed by atoms with Crippen LogP contribution in [0, 0.1) is 6.92 Å². The minimum Gasteiger partial charge on any atom is -0.338 e. The maximum atomic E-state index is 12.6. The van der Waals surface area contributed by atoms with Gasteiger partial charge in [0, 0.05) is 32.4 Å². The van der Waals surface area contributed by atoms with E-state index in [0.717, 1.165) is 18.8 Å². The first kappa shape index (κ1) is 18.2. The molecule has 0 unspecified atom stereocenters. The molecule has 0 aliphatic rings. The van der Waals surface area contributed by atoms with Crippen LogP contribution < -0.4 is 0 Å². The van der Waals surface area contributed by atoms with E-state index >= 15 is 0 Å². The zero-order valence-corrected chi connectivity index (χ0v) is 15.2. The molecular weight excluding hydrogens is 300 g/mol. The van der Waals surface area contributed by atoms with Gasteiger partial charge in [-0.3, -0.25) is 14.4 Å². The van der Waals surface area contributed by atoms with Crippen LogP contribution in [0.15, 0.2) is 36.5 Å². The van der Waals surface area contributed by atoms with Crippen molar-refractivity contribution in [3.8, 4) is 0 Å². The number of amides is 1. The normalized spacial score (nSPS) is 11.0. The SMILES string of the molecule is CCN(Cc1cccc(C)c1)C(=O)CN(C)Cc1ccnn1CC. The lowest BCUT2D eigenvalue weighted by Gasteiger charge is -2.24. The van der Waals surface area contributed by atoms with Crippen LogP contribution in [0.5, 0.6) is 0 Å². The molecule has 2 aromatic rings. The van der Waals surface area contributed by atoms with Crippen LogP contribution in [0.3, 0.4) is 0 Å². The number of likely N-dealkylation sites (N-methyl/N-ethyl adjacent to an activating group) is 2. The van der Waals surface area contributed by atoms with Gasteiger partial charge in [-0.05, 0) is 39.4 Å². The highest BCUT2D eigenvalue weighted by Gasteiger charge is 2.15. The standard InChI is InChI=1S/C19H28N4O/c1-5-22(13-17-9-7-8-16(3)12-17)19(24)15-21(4)14-18-10-11-20-23(18)6-2/h7-12H,5-6,13-15H2,1-4H3. The topological polar surface area (TPSA) is 41.4 Å². The summed E-state index contributed by atoms with van der Waals surface area (Å²) < 4.78 is 1.96. The van der Waals surface area contributed by atoms with Crippen molar-refractivity contribution in [1.82, 2.24) is 19.6 Å². The number of aromatic nitrogens is 2. The molecular formula is C19H28N4O. The second-order valence-corrected chi connectivity index (χ2v) is 6.21. The number of hydrogen-bond acceptors (Lipinski definition) is 3. The smallest absolute Gasteiger partial charge is 0.237 e. The second kappa shape index (κ2) is 8.64. The summed E-state index contributed by atoms with van der Waals surface area (Å²) in [6.07, 6.45) is 1.81. The lowest BCUT2D eigenvalue weighted by molar-refractivity contribution is -0.132. The van der Waals surface area contributed by atoms with Crippen LogP contribution in [-0.2, 0) is 24.4 Å². The summed E-state index contributed by atoms with van der Waals surface area (Å²) in [5.74, 6) is 0.157. The van der Waals surface area contributed by atoms with Gasteiger partial charge in [-0.1, -0.05) is 29.8 Å². The molecule has 0 bridgehead atoms. The van der Waals surface area contributed by atoms with Crippen molar-refractivity contribution in [3.63, 3.8) is 0 Å². The summed E-state index contributed by atoms with van der Waals surface area (Å²) in [5, 5.41) is 4.28. The number of benzene rings is 1. The summed E-state index contributed by atoms with van der Waals surface area (Å²) in [6.45, 7) is 9.54. The van der Waals surface area contributed by atoms with Gasteiger partial charge in [-0.15, -0.1) is 0 Å². The van der Waals surface area contributed by atoms with Gasteiger partial charge in [0.25, 0.3) is 0 Å². The largest absolute Gasteiger partial charge is 0.338 e. The predicted molar refractivity (Wildman–Crippen MR) is 96.5 cm³/mol. The molecule has 0 aliphatic heterocycles. The van der Waals surface area contributed by atoms with Gasteiger partial charge in [-0.2, -0.15) is 5.10 Å². The van der Waals surface area contributed by atoms with Crippen LogP contribution in [0.25, 0.3) is 0 Å². The molecule has 0 radical (unpaired) electrons. The molecule has 1 heterocycles. The van der Waals surface area contributed by atoms with Gasteiger partial charge in [0.15, 0.2) is 0 Å². The summed E-state index contributed by atoms with van der Waals surface area (Å²) >= 11 is 0. The number of hydrogen-bond donors (Lipinski definition) is 0. The molecule has 0 atom stereocenters. The van der Waals surface area contributed by atoms with E-state index in [1.807, 2.05) is 46.8 Å². The van der Waals surface area contributed by atoms with E-state index in [1.165, 1.54) is 11.1 Å². The lowest BCUT2D eigenvalue weighted by atomic mass is 10.1. The summed E-state index contributed by atoms with van der Waals surface area (Å²) in [6, 6.07) is 10.3. The predicted octanol–water partition coefficient (Wildman–Crippen LogP) is 2.69. The Labute approximate surface area is 144 Å². The molecule has 5 heteroatoms. The number of rotatable bonds is 8. The van der Waals surface area contributed by atoms with Gasteiger partial charge >= 0.3 is 0 Å². The van der Waals surface area contributed by atoms with Crippen LogP contribution >= 0.6 is 0 Å². The van der Waals surface area contributed by atoms with E-state index in [4.69, 9.17) is 0 Å². The molecule has 2 rings (SSSR count). The van der Waals surface area contributed by atoms with Crippen molar-refractivity contribution in [2.45, 2.75) is 40.4 Å². The van der Waals surface area contributed by atoms with E-state index in [-0.39, 0.29) is 5.91 Å². The van der Waals surface area contributed by atoms with E-state index in [0.29, 0.717) is 19.6 Å². The van der Waals surface area contributed by atoms with Gasteiger partial charge in [0.05, 0.1) is 12.2 Å². The quantitative estimate of drug-likeness (QED) is 0.748. The molecule has 1 aromatic heterocycles. The molecule has 0 aliphatic carbocycles. The molecule has 130 valence electrons. The van der Waals surface area contributed by atoms with Crippen molar-refractivity contribution in [1.29, 1.82) is 0 Å². The molecule has 0 saturated carbocycles. The molecule has 1 aromatic carbocycles. The molecule has 5 nitrogen and oxygen atoms in total. The highest BCUT2D eigenvalue weighted by molar-refractivity contribution is 5.78. The van der Waals surface area contributed by atoms with Crippen LogP contribution in [0.4, 0.5) is 0 Å². The van der Waals surface area contributed by atoms with Gasteiger partial charge in [0.1, 0.15) is 0 Å². The Morgan fingerprint density at radius 2 is 2.00 bits per heavy atom. The molecule has 1 amide bonds. The number of aryl methyl sites for hydroxylation is 2. The van der Waals surface area contributed by atoms with Crippen molar-refractivity contribution in [3.05, 3.63) is 53.3 Å².